The molecule has 0 aliphatic carbocycles. The van der Waals surface area contributed by atoms with Crippen LogP contribution in [-0.4, -0.2) is 4.30 Å². The molecule has 0 N–H and O–H groups in total. The third-order valence-electron chi connectivity index (χ3n) is 0.904. The highest BCUT2D eigenvalue weighted by Crippen LogP contribution is 2.28. The molecule has 0 aromatic heterocycles. The van der Waals surface area contributed by atoms with Crippen molar-refractivity contribution in [3.8, 4) is 0 Å². The number of halogens is 6. The summed E-state index contributed by atoms with van der Waals surface area (Å²) < 4.78 is -0.750. The smallest absolute Gasteiger partial charge is 0.0874 e. The molecule has 1 aromatic carbocycles. The topological polar surface area (TPSA) is 0 Å². The third kappa shape index (κ3) is 6.96. The van der Waals surface area contributed by atoms with Crippen LogP contribution >= 0.6 is 69.6 Å². The van der Waals surface area contributed by atoms with E-state index in [9.17, 15) is 0 Å². The standard InChI is InChI=1S/C6H3Cl3.CHCl3/c7-4-2-1-3-5(8)6(4)9;2-1(3)4/h1-3H;1H. The van der Waals surface area contributed by atoms with Crippen molar-refractivity contribution in [2.24, 2.45) is 0 Å². The second-order valence-electron chi connectivity index (χ2n) is 1.78. The molecule has 0 spiro atoms. The molecule has 0 saturated carbocycles. The number of alkyl halides is 3. The van der Waals surface area contributed by atoms with Gasteiger partial charge >= 0.3 is 0 Å². The van der Waals surface area contributed by atoms with Crippen molar-refractivity contribution >= 4 is 69.6 Å². The Morgan fingerprint density at radius 3 is 1.38 bits per heavy atom. The van der Waals surface area contributed by atoms with Crippen LogP contribution in [0.3, 0.4) is 0 Å². The summed E-state index contributed by atoms with van der Waals surface area (Å²) in [6, 6.07) is 5.13. The minimum Gasteiger partial charge on any atom is -0.0874 e. The molecular formula is C7H4Cl6. The highest BCUT2D eigenvalue weighted by molar-refractivity contribution is 6.63. The molecule has 0 aliphatic heterocycles. The highest BCUT2D eigenvalue weighted by atomic mass is 35.6. The number of hydrogen-bond acceptors (Lipinski definition) is 0. The fourth-order valence-corrected chi connectivity index (χ4v) is 1.00. The zero-order valence-electron chi connectivity index (χ0n) is 6.08. The van der Waals surface area contributed by atoms with Crippen molar-refractivity contribution in [2.45, 2.75) is 4.30 Å². The summed E-state index contributed by atoms with van der Waals surface area (Å²) in [6.45, 7) is 0. The van der Waals surface area contributed by atoms with Crippen LogP contribution in [0.4, 0.5) is 0 Å². The summed E-state index contributed by atoms with van der Waals surface area (Å²) >= 11 is 31.2. The SMILES string of the molecule is ClC(Cl)Cl.Clc1cccc(Cl)c1Cl. The Balaban J connectivity index is 0.000000310. The Bertz CT molecular complexity index is 236. The van der Waals surface area contributed by atoms with Crippen LogP contribution in [0.5, 0.6) is 0 Å². The van der Waals surface area contributed by atoms with Gasteiger partial charge in [-0.15, -0.1) is 0 Å². The lowest BCUT2D eigenvalue weighted by atomic mass is 10.4. The fraction of sp³-hybridized carbons (Fsp3) is 0.143. The van der Waals surface area contributed by atoms with E-state index in [0.717, 1.165) is 0 Å². The van der Waals surface area contributed by atoms with Gasteiger partial charge in [0, 0.05) is 0 Å². The summed E-state index contributed by atoms with van der Waals surface area (Å²) in [5.41, 5.74) is 0. The van der Waals surface area contributed by atoms with Crippen molar-refractivity contribution in [1.29, 1.82) is 0 Å². The minimum absolute atomic E-state index is 0.417. The monoisotopic (exact) mass is 298 g/mol. The first-order valence-corrected chi connectivity index (χ1v) is 5.41. The van der Waals surface area contributed by atoms with E-state index in [0.29, 0.717) is 15.1 Å². The summed E-state index contributed by atoms with van der Waals surface area (Å²) in [5, 5.41) is 1.40. The molecule has 0 radical (unpaired) electrons. The third-order valence-corrected chi connectivity index (χ3v) is 2.14. The average Bonchev–Trinajstić information content (AvgIpc) is 1.99. The van der Waals surface area contributed by atoms with Crippen LogP contribution in [0.25, 0.3) is 0 Å². The second-order valence-corrected chi connectivity index (χ2v) is 4.95. The summed E-state index contributed by atoms with van der Waals surface area (Å²) in [5.74, 6) is 0. The van der Waals surface area contributed by atoms with Gasteiger partial charge in [-0.1, -0.05) is 75.7 Å². The predicted molar refractivity (Wildman–Crippen MR) is 62.8 cm³/mol. The van der Waals surface area contributed by atoms with E-state index in [4.69, 9.17) is 69.6 Å². The van der Waals surface area contributed by atoms with Crippen molar-refractivity contribution in [3.05, 3.63) is 33.3 Å². The van der Waals surface area contributed by atoms with E-state index in [2.05, 4.69) is 0 Å². The van der Waals surface area contributed by atoms with Crippen LogP contribution in [-0.2, 0) is 0 Å². The van der Waals surface area contributed by atoms with Crippen LogP contribution in [0.2, 0.25) is 15.1 Å². The highest BCUT2D eigenvalue weighted by Gasteiger charge is 1.98. The Morgan fingerprint density at radius 2 is 1.15 bits per heavy atom. The van der Waals surface area contributed by atoms with Gasteiger partial charge < -0.3 is 0 Å². The van der Waals surface area contributed by atoms with E-state index in [1.54, 1.807) is 18.2 Å². The average molecular weight is 301 g/mol. The molecule has 0 heterocycles. The summed E-state index contributed by atoms with van der Waals surface area (Å²) in [7, 11) is 0. The van der Waals surface area contributed by atoms with Gasteiger partial charge in [0.25, 0.3) is 0 Å². The van der Waals surface area contributed by atoms with Gasteiger partial charge in [-0.2, -0.15) is 0 Å². The first kappa shape index (κ1) is 14.0. The molecular weight excluding hydrogens is 297 g/mol. The van der Waals surface area contributed by atoms with Gasteiger partial charge in [0.15, 0.2) is 4.30 Å². The molecule has 6 heteroatoms. The van der Waals surface area contributed by atoms with Crippen molar-refractivity contribution in [3.63, 3.8) is 0 Å². The van der Waals surface area contributed by atoms with Crippen molar-refractivity contribution < 1.29 is 0 Å². The molecule has 1 rings (SSSR count). The molecule has 0 nitrogen and oxygen atoms in total. The molecule has 0 atom stereocenters. The second kappa shape index (κ2) is 7.28. The Kier molecular flexibility index (Phi) is 7.82. The quantitative estimate of drug-likeness (QED) is 0.430. The van der Waals surface area contributed by atoms with Crippen LogP contribution in [0, 0.1) is 0 Å². The zero-order valence-corrected chi connectivity index (χ0v) is 10.6. The molecule has 0 fully saturated rings. The first-order chi connectivity index (χ1) is 5.95. The zero-order chi connectivity index (χ0) is 10.4. The number of hydrogen-bond donors (Lipinski definition) is 0. The Labute approximate surface area is 107 Å². The van der Waals surface area contributed by atoms with Gasteiger partial charge in [0.1, 0.15) is 0 Å². The molecule has 0 amide bonds. The summed E-state index contributed by atoms with van der Waals surface area (Å²) in [6.07, 6.45) is 0. The molecule has 1 aromatic rings. The van der Waals surface area contributed by atoms with Gasteiger partial charge in [-0.05, 0) is 12.1 Å². The van der Waals surface area contributed by atoms with E-state index in [1.807, 2.05) is 0 Å². The first-order valence-electron chi connectivity index (χ1n) is 2.97. The maximum absolute atomic E-state index is 5.61. The van der Waals surface area contributed by atoms with Gasteiger partial charge in [-0.3, -0.25) is 0 Å². The van der Waals surface area contributed by atoms with E-state index >= 15 is 0 Å². The lowest BCUT2D eigenvalue weighted by Crippen LogP contribution is -1.67. The maximum Gasteiger partial charge on any atom is 0.180 e. The van der Waals surface area contributed by atoms with Gasteiger partial charge in [0.2, 0.25) is 0 Å². The molecule has 13 heavy (non-hydrogen) atoms. The number of benzene rings is 1. The molecule has 74 valence electrons. The maximum atomic E-state index is 5.61. The van der Waals surface area contributed by atoms with Crippen LogP contribution in [0.15, 0.2) is 18.2 Å². The van der Waals surface area contributed by atoms with Gasteiger partial charge in [-0.25, -0.2) is 0 Å². The lowest BCUT2D eigenvalue weighted by molar-refractivity contribution is 1.70. The molecule has 0 aliphatic rings. The molecule has 0 unspecified atom stereocenters. The minimum atomic E-state index is -0.750. The Morgan fingerprint density at radius 1 is 0.846 bits per heavy atom. The summed E-state index contributed by atoms with van der Waals surface area (Å²) in [4.78, 5) is 0. The molecule has 0 saturated heterocycles. The van der Waals surface area contributed by atoms with Crippen LogP contribution in [0.1, 0.15) is 0 Å². The van der Waals surface area contributed by atoms with E-state index in [1.165, 1.54) is 0 Å². The van der Waals surface area contributed by atoms with E-state index in [-0.39, 0.29) is 0 Å². The van der Waals surface area contributed by atoms with Crippen LogP contribution < -0.4 is 0 Å². The van der Waals surface area contributed by atoms with Crippen molar-refractivity contribution in [1.82, 2.24) is 0 Å². The normalized spacial score (nSPS) is 9.46. The largest absolute Gasteiger partial charge is 0.180 e. The fourth-order valence-electron chi connectivity index (χ4n) is 0.477. The Hall–Kier alpha value is 0.960. The predicted octanol–water partition coefficient (Wildman–Crippen LogP) is 5.63. The van der Waals surface area contributed by atoms with Gasteiger partial charge in [0.05, 0.1) is 15.1 Å². The molecule has 0 bridgehead atoms. The van der Waals surface area contributed by atoms with Crippen molar-refractivity contribution in [2.75, 3.05) is 0 Å². The number of rotatable bonds is 0. The lowest BCUT2D eigenvalue weighted by Gasteiger charge is -1.94. The van der Waals surface area contributed by atoms with E-state index < -0.39 is 4.30 Å².